The van der Waals surface area contributed by atoms with E-state index < -0.39 is 22.0 Å². The van der Waals surface area contributed by atoms with Crippen molar-refractivity contribution in [1.29, 1.82) is 0 Å². The number of amides is 4. The van der Waals surface area contributed by atoms with E-state index >= 15 is 0 Å². The van der Waals surface area contributed by atoms with Crippen LogP contribution in [0.5, 0.6) is 0 Å². The first kappa shape index (κ1) is 22.0. The van der Waals surface area contributed by atoms with Crippen LogP contribution < -0.4 is 10.6 Å². The van der Waals surface area contributed by atoms with E-state index in [0.717, 1.165) is 24.2 Å². The van der Waals surface area contributed by atoms with Crippen molar-refractivity contribution >= 4 is 33.6 Å². The van der Waals surface area contributed by atoms with Gasteiger partial charge in [0.2, 0.25) is 15.9 Å². The minimum Gasteiger partial charge on any atom is -0.329 e. The predicted octanol–water partition coefficient (Wildman–Crippen LogP) is 2.17. The Labute approximate surface area is 186 Å². The second-order valence-electron chi connectivity index (χ2n) is 7.75. The van der Waals surface area contributed by atoms with Gasteiger partial charge in [0, 0.05) is 18.8 Å². The Hall–Kier alpha value is -3.24. The number of nitrogens with one attached hydrogen (secondary N) is 2. The molecule has 0 radical (unpaired) electrons. The molecular formula is C22H24N4O5S. The van der Waals surface area contributed by atoms with E-state index in [2.05, 4.69) is 10.6 Å². The zero-order valence-electron chi connectivity index (χ0n) is 17.4. The highest BCUT2D eigenvalue weighted by Gasteiger charge is 2.30. The number of sulfonamides is 1. The minimum absolute atomic E-state index is 0.0186. The average molecular weight is 457 g/mol. The van der Waals surface area contributed by atoms with Gasteiger partial charge < -0.3 is 10.6 Å². The van der Waals surface area contributed by atoms with Gasteiger partial charge in [0.25, 0.3) is 5.91 Å². The molecule has 2 aromatic rings. The molecule has 10 heteroatoms. The Kier molecular flexibility index (Phi) is 6.24. The van der Waals surface area contributed by atoms with E-state index in [1.54, 1.807) is 36.4 Å². The summed E-state index contributed by atoms with van der Waals surface area (Å²) < 4.78 is 27.7. The summed E-state index contributed by atoms with van der Waals surface area (Å²) in [6.07, 6.45) is 2.60. The third kappa shape index (κ3) is 4.51. The lowest BCUT2D eigenvalue weighted by molar-refractivity contribution is -0.125. The number of carbonyl (C=O) groups excluding carboxylic acids is 3. The fraction of sp³-hybridized carbons (Fsp3) is 0.318. The van der Waals surface area contributed by atoms with Crippen molar-refractivity contribution in [2.24, 2.45) is 0 Å². The van der Waals surface area contributed by atoms with Crippen molar-refractivity contribution in [3.05, 3.63) is 59.7 Å². The van der Waals surface area contributed by atoms with Crippen molar-refractivity contribution in [3.63, 3.8) is 0 Å². The van der Waals surface area contributed by atoms with Crippen LogP contribution in [0.15, 0.2) is 53.4 Å². The van der Waals surface area contributed by atoms with Crippen LogP contribution in [0.1, 0.15) is 35.2 Å². The van der Waals surface area contributed by atoms with Crippen LogP contribution in [-0.4, -0.2) is 55.1 Å². The normalized spacial score (nSPS) is 17.3. The first-order chi connectivity index (χ1) is 15.4. The molecule has 32 heavy (non-hydrogen) atoms. The smallest absolute Gasteiger partial charge is 0.324 e. The van der Waals surface area contributed by atoms with Crippen molar-refractivity contribution in [2.75, 3.05) is 25.0 Å². The fourth-order valence-corrected chi connectivity index (χ4v) is 5.57. The molecule has 0 spiro atoms. The van der Waals surface area contributed by atoms with Crippen LogP contribution in [0.3, 0.4) is 0 Å². The lowest BCUT2D eigenvalue weighted by atomic mass is 10.1. The van der Waals surface area contributed by atoms with E-state index in [-0.39, 0.29) is 29.5 Å². The van der Waals surface area contributed by atoms with Crippen LogP contribution in [0, 0.1) is 0 Å². The third-order valence-electron chi connectivity index (χ3n) is 5.53. The standard InChI is InChI=1S/C22H24N4O5S/c27-20-14-23-22(29)26(20)15-16-7-6-8-17(13-16)24-21(28)18-9-2-3-10-19(18)32(30,31)25-11-4-1-5-12-25/h2-3,6-10,13H,1,4-5,11-12,14-15H2,(H,23,29)(H,24,28). The monoisotopic (exact) mass is 456 g/mol. The van der Waals surface area contributed by atoms with Crippen LogP contribution in [-0.2, 0) is 21.4 Å². The molecule has 4 rings (SSSR count). The zero-order valence-corrected chi connectivity index (χ0v) is 18.2. The summed E-state index contributed by atoms with van der Waals surface area (Å²) in [5.74, 6) is -0.866. The molecule has 168 valence electrons. The summed E-state index contributed by atoms with van der Waals surface area (Å²) in [7, 11) is -3.78. The Bertz CT molecular complexity index is 1140. The molecular weight excluding hydrogens is 432 g/mol. The van der Waals surface area contributed by atoms with E-state index in [0.29, 0.717) is 24.3 Å². The number of hydrogen-bond donors (Lipinski definition) is 2. The summed E-state index contributed by atoms with van der Waals surface area (Å²) in [4.78, 5) is 37.7. The highest BCUT2D eigenvalue weighted by molar-refractivity contribution is 7.89. The van der Waals surface area contributed by atoms with Gasteiger partial charge in [0.05, 0.1) is 23.5 Å². The first-order valence-corrected chi connectivity index (χ1v) is 11.9. The minimum atomic E-state index is -3.78. The summed E-state index contributed by atoms with van der Waals surface area (Å²) in [5, 5.41) is 5.20. The van der Waals surface area contributed by atoms with Crippen molar-refractivity contribution in [1.82, 2.24) is 14.5 Å². The fourth-order valence-electron chi connectivity index (χ4n) is 3.87. The highest BCUT2D eigenvalue weighted by Crippen LogP contribution is 2.24. The second kappa shape index (κ2) is 9.09. The topological polar surface area (TPSA) is 116 Å². The molecule has 9 nitrogen and oxygen atoms in total. The summed E-state index contributed by atoms with van der Waals surface area (Å²) in [5.41, 5.74) is 1.16. The molecule has 0 aromatic heterocycles. The molecule has 2 saturated heterocycles. The molecule has 2 aliphatic heterocycles. The molecule has 2 aliphatic rings. The van der Waals surface area contributed by atoms with Gasteiger partial charge in [-0.05, 0) is 42.7 Å². The lowest BCUT2D eigenvalue weighted by Gasteiger charge is -2.26. The van der Waals surface area contributed by atoms with E-state index in [9.17, 15) is 22.8 Å². The summed E-state index contributed by atoms with van der Waals surface area (Å²) >= 11 is 0. The number of urea groups is 1. The number of nitrogens with zero attached hydrogens (tertiary/aromatic N) is 2. The Morgan fingerprint density at radius 3 is 2.47 bits per heavy atom. The maximum atomic E-state index is 13.1. The zero-order chi connectivity index (χ0) is 22.7. The number of benzene rings is 2. The number of rotatable bonds is 6. The van der Waals surface area contributed by atoms with E-state index in [4.69, 9.17) is 0 Å². The number of carbonyl (C=O) groups is 3. The van der Waals surface area contributed by atoms with Crippen LogP contribution in [0.2, 0.25) is 0 Å². The van der Waals surface area contributed by atoms with Gasteiger partial charge in [-0.15, -0.1) is 0 Å². The molecule has 2 aromatic carbocycles. The summed E-state index contributed by atoms with van der Waals surface area (Å²) in [6.45, 7) is 0.943. The predicted molar refractivity (Wildman–Crippen MR) is 117 cm³/mol. The number of piperidine rings is 1. The molecule has 0 saturated carbocycles. The first-order valence-electron chi connectivity index (χ1n) is 10.4. The van der Waals surface area contributed by atoms with Crippen LogP contribution in [0.25, 0.3) is 0 Å². The SMILES string of the molecule is O=C(Nc1cccc(CN2C(=O)CNC2=O)c1)c1ccccc1S(=O)(=O)N1CCCCC1. The number of anilines is 1. The van der Waals surface area contributed by atoms with E-state index in [1.807, 2.05) is 0 Å². The highest BCUT2D eigenvalue weighted by atomic mass is 32.2. The Morgan fingerprint density at radius 2 is 1.75 bits per heavy atom. The Balaban J connectivity index is 1.54. The molecule has 0 aliphatic carbocycles. The van der Waals surface area contributed by atoms with Gasteiger partial charge >= 0.3 is 6.03 Å². The number of imide groups is 1. The maximum Gasteiger partial charge on any atom is 0.324 e. The lowest BCUT2D eigenvalue weighted by Crippen LogP contribution is -2.36. The van der Waals surface area contributed by atoms with Crippen LogP contribution in [0.4, 0.5) is 10.5 Å². The molecule has 4 amide bonds. The van der Waals surface area contributed by atoms with Gasteiger partial charge in [-0.25, -0.2) is 13.2 Å². The molecule has 2 fully saturated rings. The second-order valence-corrected chi connectivity index (χ2v) is 9.66. The van der Waals surface area contributed by atoms with Crippen molar-refractivity contribution in [2.45, 2.75) is 30.7 Å². The maximum absolute atomic E-state index is 13.1. The van der Waals surface area contributed by atoms with E-state index in [1.165, 1.54) is 16.4 Å². The Morgan fingerprint density at radius 1 is 1.00 bits per heavy atom. The molecule has 0 atom stereocenters. The summed E-state index contributed by atoms with van der Waals surface area (Å²) in [6, 6.07) is 12.5. The van der Waals surface area contributed by atoms with Gasteiger partial charge in [0.1, 0.15) is 0 Å². The molecule has 0 unspecified atom stereocenters. The third-order valence-corrected chi connectivity index (χ3v) is 7.48. The van der Waals surface area contributed by atoms with Crippen LogP contribution >= 0.6 is 0 Å². The average Bonchev–Trinajstić information content (AvgIpc) is 3.12. The van der Waals surface area contributed by atoms with Crippen molar-refractivity contribution in [3.8, 4) is 0 Å². The largest absolute Gasteiger partial charge is 0.329 e. The number of hydrogen-bond acceptors (Lipinski definition) is 5. The van der Waals surface area contributed by atoms with Gasteiger partial charge in [0.15, 0.2) is 0 Å². The van der Waals surface area contributed by atoms with Crippen molar-refractivity contribution < 1.29 is 22.8 Å². The quantitative estimate of drug-likeness (QED) is 0.647. The molecule has 0 bridgehead atoms. The van der Waals surface area contributed by atoms with Gasteiger partial charge in [-0.2, -0.15) is 4.31 Å². The van der Waals surface area contributed by atoms with Gasteiger partial charge in [-0.3, -0.25) is 14.5 Å². The molecule has 2 N–H and O–H groups in total. The molecule has 2 heterocycles. The van der Waals surface area contributed by atoms with Gasteiger partial charge in [-0.1, -0.05) is 30.7 Å².